The van der Waals surface area contributed by atoms with E-state index in [4.69, 9.17) is 0 Å². The van der Waals surface area contributed by atoms with Crippen LogP contribution in [0.25, 0.3) is 0 Å². The summed E-state index contributed by atoms with van der Waals surface area (Å²) in [6.45, 7) is 0. The molecule has 0 spiro atoms. The maximum Gasteiger partial charge on any atom is 0.000545 e. The molecule has 0 nitrogen and oxygen atoms in total. The topological polar surface area (TPSA) is 0 Å². The number of hydrogen-bond donors (Lipinski definition) is 0. The Morgan fingerprint density at radius 1 is 0.692 bits per heavy atom. The van der Waals surface area contributed by atoms with Crippen LogP contribution in [0.15, 0.2) is 11.6 Å². The van der Waals surface area contributed by atoms with E-state index >= 15 is 0 Å². The van der Waals surface area contributed by atoms with E-state index in [0.29, 0.717) is 0 Å². The zero-order valence-electron chi connectivity index (χ0n) is 8.65. The van der Waals surface area contributed by atoms with Gasteiger partial charge in [-0.25, -0.2) is 0 Å². The normalized spacial score (nSPS) is 26.6. The van der Waals surface area contributed by atoms with E-state index in [2.05, 4.69) is 6.08 Å². The minimum Gasteiger partial charge on any atom is -0.0847 e. The van der Waals surface area contributed by atoms with Crippen LogP contribution in [0.5, 0.6) is 0 Å². The van der Waals surface area contributed by atoms with Gasteiger partial charge in [-0.1, -0.05) is 37.3 Å². The van der Waals surface area contributed by atoms with Gasteiger partial charge in [-0.2, -0.15) is 0 Å². The van der Waals surface area contributed by atoms with Crippen molar-refractivity contribution in [3.8, 4) is 0 Å². The largest absolute Gasteiger partial charge is 0.0847 e. The molecule has 2 aliphatic rings. The van der Waals surface area contributed by atoms with Crippen LogP contribution in [-0.2, 0) is 0 Å². The Bertz CT molecular complexity index is 170. The van der Waals surface area contributed by atoms with Gasteiger partial charge in [0.05, 0.1) is 0 Å². The van der Waals surface area contributed by atoms with Crippen molar-refractivity contribution in [1.82, 2.24) is 0 Å². The zero-order valence-corrected chi connectivity index (χ0v) is 8.65. The van der Waals surface area contributed by atoms with Crippen LogP contribution in [0.3, 0.4) is 0 Å². The van der Waals surface area contributed by atoms with Crippen molar-refractivity contribution in [3.05, 3.63) is 17.6 Å². The molecule has 0 saturated heterocycles. The number of allylic oxidation sites excluding steroid dienone is 2. The lowest BCUT2D eigenvalue weighted by molar-refractivity contribution is 0.652. The molecule has 0 N–H and O–H groups in total. The van der Waals surface area contributed by atoms with Gasteiger partial charge < -0.3 is 0 Å². The highest BCUT2D eigenvalue weighted by molar-refractivity contribution is 5.25. The highest BCUT2D eigenvalue weighted by Gasteiger charge is 2.18. The maximum atomic E-state index is 2.52. The molecule has 0 heteroatoms. The van der Waals surface area contributed by atoms with Gasteiger partial charge in [-0.15, -0.1) is 0 Å². The van der Waals surface area contributed by atoms with Crippen LogP contribution in [0.1, 0.15) is 64.2 Å². The Kier molecular flexibility index (Phi) is 3.46. The first-order valence-electron chi connectivity index (χ1n) is 6.01. The van der Waals surface area contributed by atoms with Gasteiger partial charge in [0.25, 0.3) is 0 Å². The molecule has 0 unspecified atom stereocenters. The first-order chi connectivity index (χ1) is 6.47. The van der Waals surface area contributed by atoms with Crippen LogP contribution in [-0.4, -0.2) is 0 Å². The monoisotopic (exact) mass is 177 g/mol. The molecule has 1 radical (unpaired) electrons. The molecule has 1 fully saturated rings. The lowest BCUT2D eigenvalue weighted by Crippen LogP contribution is -2.03. The highest BCUT2D eigenvalue weighted by atomic mass is 14.2. The maximum absolute atomic E-state index is 2.52. The molecule has 13 heavy (non-hydrogen) atoms. The van der Waals surface area contributed by atoms with Crippen molar-refractivity contribution < 1.29 is 0 Å². The van der Waals surface area contributed by atoms with E-state index in [1.54, 1.807) is 5.57 Å². The summed E-state index contributed by atoms with van der Waals surface area (Å²) in [6.07, 6.45) is 16.8. The Hall–Kier alpha value is -0.260. The van der Waals surface area contributed by atoms with Gasteiger partial charge in [0, 0.05) is 5.92 Å². The first kappa shape index (κ1) is 9.30. The van der Waals surface area contributed by atoms with Crippen molar-refractivity contribution in [2.75, 3.05) is 0 Å². The quantitative estimate of drug-likeness (QED) is 0.520. The molecule has 2 aliphatic carbocycles. The molecule has 0 atom stereocenters. The van der Waals surface area contributed by atoms with Crippen LogP contribution in [0, 0.1) is 5.92 Å². The van der Waals surface area contributed by atoms with Crippen molar-refractivity contribution in [2.45, 2.75) is 64.2 Å². The minimum absolute atomic E-state index is 1.35. The average Bonchev–Trinajstić information content (AvgIpc) is 2.47. The van der Waals surface area contributed by atoms with Crippen LogP contribution < -0.4 is 0 Å². The summed E-state index contributed by atoms with van der Waals surface area (Å²) in [5.41, 5.74) is 1.74. The summed E-state index contributed by atoms with van der Waals surface area (Å²) < 4.78 is 0. The van der Waals surface area contributed by atoms with Gasteiger partial charge in [-0.05, 0) is 38.5 Å². The molecule has 0 amide bonds. The first-order valence-corrected chi connectivity index (χ1v) is 6.01. The van der Waals surface area contributed by atoms with E-state index in [9.17, 15) is 0 Å². The van der Waals surface area contributed by atoms with Gasteiger partial charge >= 0.3 is 0 Å². The predicted molar refractivity (Wildman–Crippen MR) is 57.5 cm³/mol. The Labute approximate surface area is 82.4 Å². The van der Waals surface area contributed by atoms with Gasteiger partial charge in [-0.3, -0.25) is 0 Å². The minimum atomic E-state index is 1.35. The van der Waals surface area contributed by atoms with Gasteiger partial charge in [0.2, 0.25) is 0 Å². The smallest absolute Gasteiger partial charge is 0.000545 e. The third-order valence-electron chi connectivity index (χ3n) is 3.45. The second-order valence-electron chi connectivity index (χ2n) is 4.49. The van der Waals surface area contributed by atoms with Gasteiger partial charge in [0.1, 0.15) is 0 Å². The van der Waals surface area contributed by atoms with Crippen molar-refractivity contribution in [1.29, 1.82) is 0 Å². The molecule has 73 valence electrons. The molecule has 0 aromatic carbocycles. The lowest BCUT2D eigenvalue weighted by Gasteiger charge is -2.20. The molecular weight excluding hydrogens is 156 g/mol. The fourth-order valence-electron chi connectivity index (χ4n) is 2.64. The lowest BCUT2D eigenvalue weighted by atomic mass is 9.85. The summed E-state index contributed by atoms with van der Waals surface area (Å²) >= 11 is 0. The molecule has 0 bridgehead atoms. The second-order valence-corrected chi connectivity index (χ2v) is 4.49. The highest BCUT2D eigenvalue weighted by Crippen LogP contribution is 2.35. The van der Waals surface area contributed by atoms with Crippen LogP contribution >= 0.6 is 0 Å². The van der Waals surface area contributed by atoms with Gasteiger partial charge in [0.15, 0.2) is 0 Å². The summed E-state index contributed by atoms with van der Waals surface area (Å²) in [5.74, 6) is 1.82. The summed E-state index contributed by atoms with van der Waals surface area (Å²) in [6, 6.07) is 0. The molecule has 2 rings (SSSR count). The Morgan fingerprint density at radius 3 is 2.00 bits per heavy atom. The van der Waals surface area contributed by atoms with E-state index in [-0.39, 0.29) is 0 Å². The molecule has 0 aromatic rings. The molecule has 1 saturated carbocycles. The SMILES string of the molecule is C1=C([C]2CCCCCC2)CCCC1. The number of rotatable bonds is 1. The Morgan fingerprint density at radius 2 is 1.38 bits per heavy atom. The van der Waals surface area contributed by atoms with Crippen LogP contribution in [0.2, 0.25) is 0 Å². The second kappa shape index (κ2) is 4.83. The summed E-state index contributed by atoms with van der Waals surface area (Å²) in [4.78, 5) is 0. The van der Waals surface area contributed by atoms with Crippen LogP contribution in [0.4, 0.5) is 0 Å². The predicted octanol–water partition coefficient (Wildman–Crippen LogP) is 4.42. The average molecular weight is 177 g/mol. The van der Waals surface area contributed by atoms with E-state index in [0.717, 1.165) is 0 Å². The fraction of sp³-hybridized carbons (Fsp3) is 0.769. The van der Waals surface area contributed by atoms with Crippen molar-refractivity contribution >= 4 is 0 Å². The zero-order chi connectivity index (χ0) is 8.93. The third-order valence-corrected chi connectivity index (χ3v) is 3.45. The van der Waals surface area contributed by atoms with E-state index < -0.39 is 0 Å². The van der Waals surface area contributed by atoms with Crippen molar-refractivity contribution in [2.24, 2.45) is 0 Å². The summed E-state index contributed by atoms with van der Waals surface area (Å²) in [7, 11) is 0. The Balaban J connectivity index is 1.92. The molecule has 0 heterocycles. The summed E-state index contributed by atoms with van der Waals surface area (Å²) in [5, 5.41) is 0. The fourth-order valence-corrected chi connectivity index (χ4v) is 2.64. The molecule has 0 aromatic heterocycles. The van der Waals surface area contributed by atoms with E-state index in [1.807, 2.05) is 5.92 Å². The number of hydrogen-bond acceptors (Lipinski definition) is 0. The van der Waals surface area contributed by atoms with E-state index in [1.165, 1.54) is 64.2 Å². The standard InChI is InChI=1S/C13H21/c1-2-5-9-12(8-4-1)13-10-6-3-7-11-13/h10H,1-9,11H2. The van der Waals surface area contributed by atoms with Crippen molar-refractivity contribution in [3.63, 3.8) is 0 Å². The molecule has 0 aliphatic heterocycles. The molecular formula is C13H21. The third kappa shape index (κ3) is 2.59.